The topological polar surface area (TPSA) is 3.24 Å². The summed E-state index contributed by atoms with van der Waals surface area (Å²) in [7, 11) is 0. The van der Waals surface area contributed by atoms with Gasteiger partial charge in [0.2, 0.25) is 0 Å². The summed E-state index contributed by atoms with van der Waals surface area (Å²) in [6.07, 6.45) is 2.15. The van der Waals surface area contributed by atoms with E-state index < -0.39 is 5.41 Å². The molecule has 3 aliphatic rings. The summed E-state index contributed by atoms with van der Waals surface area (Å²) in [6.45, 7) is 0. The summed E-state index contributed by atoms with van der Waals surface area (Å²) in [5, 5.41) is 0. The zero-order chi connectivity index (χ0) is 34.2. The molecular weight excluding hydrogens is 627 g/mol. The molecule has 0 saturated carbocycles. The minimum absolute atomic E-state index is 0.396. The van der Waals surface area contributed by atoms with Crippen molar-refractivity contribution in [3.05, 3.63) is 221 Å². The molecule has 8 aromatic rings. The molecule has 244 valence electrons. The van der Waals surface area contributed by atoms with Gasteiger partial charge in [0, 0.05) is 17.1 Å². The van der Waals surface area contributed by atoms with Crippen molar-refractivity contribution in [2.45, 2.75) is 18.3 Å². The summed E-state index contributed by atoms with van der Waals surface area (Å²) in [5.41, 5.74) is 21.8. The van der Waals surface area contributed by atoms with Crippen molar-refractivity contribution in [1.82, 2.24) is 0 Å². The van der Waals surface area contributed by atoms with Gasteiger partial charge in [0.1, 0.15) is 0 Å². The zero-order valence-electron chi connectivity index (χ0n) is 28.8. The lowest BCUT2D eigenvalue weighted by molar-refractivity contribution is 0.793. The van der Waals surface area contributed by atoms with Crippen molar-refractivity contribution < 1.29 is 0 Å². The SMILES string of the molecule is c1ccc(-c2ccc(N(c3ccc4c(c3)-c3ccccc3CC4)c3ccc4c(c3)C3(c5ccccc5-c5ccccc53)c3ccccc3-4)cc2)cc1. The van der Waals surface area contributed by atoms with Crippen molar-refractivity contribution in [3.63, 3.8) is 0 Å². The van der Waals surface area contributed by atoms with Crippen LogP contribution in [-0.4, -0.2) is 0 Å². The molecular formula is C51H35N. The molecule has 0 saturated heterocycles. The van der Waals surface area contributed by atoms with Crippen LogP contribution in [0, 0.1) is 0 Å². The first-order valence-electron chi connectivity index (χ1n) is 18.4. The highest BCUT2D eigenvalue weighted by atomic mass is 15.1. The number of anilines is 3. The molecule has 0 N–H and O–H groups in total. The Morgan fingerprint density at radius 3 is 1.42 bits per heavy atom. The third-order valence-corrected chi connectivity index (χ3v) is 11.8. The minimum atomic E-state index is -0.396. The molecule has 52 heavy (non-hydrogen) atoms. The number of fused-ring (bicyclic) bond motifs is 13. The number of nitrogens with zero attached hydrogens (tertiary/aromatic N) is 1. The van der Waals surface area contributed by atoms with Crippen LogP contribution in [0.25, 0.3) is 44.5 Å². The van der Waals surface area contributed by atoms with Gasteiger partial charge in [-0.25, -0.2) is 0 Å². The molecule has 3 aliphatic carbocycles. The smallest absolute Gasteiger partial charge is 0.0726 e. The van der Waals surface area contributed by atoms with Crippen LogP contribution in [-0.2, 0) is 18.3 Å². The van der Waals surface area contributed by atoms with Crippen LogP contribution in [0.15, 0.2) is 188 Å². The molecule has 0 heterocycles. The van der Waals surface area contributed by atoms with Gasteiger partial charge in [0.05, 0.1) is 5.41 Å². The van der Waals surface area contributed by atoms with E-state index >= 15 is 0 Å². The van der Waals surface area contributed by atoms with Gasteiger partial charge in [-0.05, 0) is 127 Å². The monoisotopic (exact) mass is 661 g/mol. The highest BCUT2D eigenvalue weighted by Gasteiger charge is 2.51. The first-order chi connectivity index (χ1) is 25.8. The second-order valence-corrected chi connectivity index (χ2v) is 14.4. The second-order valence-electron chi connectivity index (χ2n) is 14.4. The van der Waals surface area contributed by atoms with Gasteiger partial charge in [-0.2, -0.15) is 0 Å². The van der Waals surface area contributed by atoms with Crippen LogP contribution in [0.3, 0.4) is 0 Å². The first-order valence-corrected chi connectivity index (χ1v) is 18.4. The van der Waals surface area contributed by atoms with Crippen molar-refractivity contribution in [2.75, 3.05) is 4.90 Å². The Labute approximate surface area is 305 Å². The molecule has 0 fully saturated rings. The van der Waals surface area contributed by atoms with Gasteiger partial charge in [-0.3, -0.25) is 0 Å². The Hall–Kier alpha value is -6.44. The van der Waals surface area contributed by atoms with Crippen LogP contribution in [0.2, 0.25) is 0 Å². The van der Waals surface area contributed by atoms with E-state index in [2.05, 4.69) is 193 Å². The minimum Gasteiger partial charge on any atom is -0.310 e. The Bertz CT molecular complexity index is 2620. The van der Waals surface area contributed by atoms with Gasteiger partial charge in [-0.1, -0.05) is 152 Å². The van der Waals surface area contributed by atoms with Gasteiger partial charge in [-0.15, -0.1) is 0 Å². The lowest BCUT2D eigenvalue weighted by atomic mass is 9.70. The second kappa shape index (κ2) is 11.3. The summed E-state index contributed by atoms with van der Waals surface area (Å²) >= 11 is 0. The number of rotatable bonds is 4. The van der Waals surface area contributed by atoms with Gasteiger partial charge in [0.15, 0.2) is 0 Å². The molecule has 0 unspecified atom stereocenters. The van der Waals surface area contributed by atoms with E-state index in [1.807, 2.05) is 0 Å². The highest BCUT2D eigenvalue weighted by molar-refractivity contribution is 5.96. The summed E-state index contributed by atoms with van der Waals surface area (Å²) in [6, 6.07) is 70.2. The quantitative estimate of drug-likeness (QED) is 0.181. The fourth-order valence-corrected chi connectivity index (χ4v) is 9.55. The average Bonchev–Trinajstić information content (AvgIpc) is 3.69. The van der Waals surface area contributed by atoms with E-state index in [1.165, 1.54) is 83.6 Å². The van der Waals surface area contributed by atoms with E-state index in [0.29, 0.717) is 0 Å². The number of aryl methyl sites for hydroxylation is 2. The van der Waals surface area contributed by atoms with E-state index in [9.17, 15) is 0 Å². The van der Waals surface area contributed by atoms with Gasteiger partial charge >= 0.3 is 0 Å². The van der Waals surface area contributed by atoms with E-state index in [1.54, 1.807) is 0 Å². The van der Waals surface area contributed by atoms with Gasteiger partial charge < -0.3 is 4.90 Å². The number of hydrogen-bond donors (Lipinski definition) is 0. The van der Waals surface area contributed by atoms with Crippen LogP contribution in [0.4, 0.5) is 17.1 Å². The number of benzene rings is 8. The molecule has 1 spiro atoms. The summed E-state index contributed by atoms with van der Waals surface area (Å²) < 4.78 is 0. The van der Waals surface area contributed by atoms with Gasteiger partial charge in [0.25, 0.3) is 0 Å². The number of hydrogen-bond acceptors (Lipinski definition) is 1. The Morgan fingerprint density at radius 1 is 0.308 bits per heavy atom. The summed E-state index contributed by atoms with van der Waals surface area (Å²) in [4.78, 5) is 2.47. The van der Waals surface area contributed by atoms with Crippen molar-refractivity contribution in [1.29, 1.82) is 0 Å². The zero-order valence-corrected chi connectivity index (χ0v) is 28.8. The first kappa shape index (κ1) is 29.3. The van der Waals surface area contributed by atoms with Crippen LogP contribution >= 0.6 is 0 Å². The normalized spacial score (nSPS) is 13.8. The lowest BCUT2D eigenvalue weighted by Gasteiger charge is -2.32. The maximum atomic E-state index is 2.49. The standard InChI is InChI=1S/C51H35N/c1-2-12-34(13-3-1)35-24-27-38(28-25-35)52(39-29-26-37-23-22-36-14-4-5-15-41(36)46(37)32-39)40-30-31-45-44-18-8-11-21-49(44)51(50(45)33-40)47-19-9-6-16-42(47)43-17-7-10-20-48(43)51/h1-21,24-33H,22-23H2. The van der Waals surface area contributed by atoms with E-state index in [0.717, 1.165) is 24.2 Å². The maximum Gasteiger partial charge on any atom is 0.0726 e. The van der Waals surface area contributed by atoms with Crippen molar-refractivity contribution >= 4 is 17.1 Å². The molecule has 0 bridgehead atoms. The molecule has 0 amide bonds. The molecule has 8 aromatic carbocycles. The molecule has 11 rings (SSSR count). The molecule has 1 nitrogen and oxygen atoms in total. The average molecular weight is 662 g/mol. The largest absolute Gasteiger partial charge is 0.310 e. The van der Waals surface area contributed by atoms with Crippen LogP contribution < -0.4 is 4.90 Å². The summed E-state index contributed by atoms with van der Waals surface area (Å²) in [5.74, 6) is 0. The predicted octanol–water partition coefficient (Wildman–Crippen LogP) is 12.9. The molecule has 0 aliphatic heterocycles. The third-order valence-electron chi connectivity index (χ3n) is 11.8. The van der Waals surface area contributed by atoms with Crippen molar-refractivity contribution in [2.24, 2.45) is 0 Å². The fraction of sp³-hybridized carbons (Fsp3) is 0.0588. The van der Waals surface area contributed by atoms with Crippen LogP contribution in [0.1, 0.15) is 33.4 Å². The third kappa shape index (κ3) is 4.11. The maximum absolute atomic E-state index is 2.49. The van der Waals surface area contributed by atoms with E-state index in [4.69, 9.17) is 0 Å². The lowest BCUT2D eigenvalue weighted by Crippen LogP contribution is -2.26. The Morgan fingerprint density at radius 2 is 0.769 bits per heavy atom. The fourth-order valence-electron chi connectivity index (χ4n) is 9.55. The predicted molar refractivity (Wildman–Crippen MR) is 216 cm³/mol. The van der Waals surface area contributed by atoms with Crippen molar-refractivity contribution in [3.8, 4) is 44.5 Å². The molecule has 0 radical (unpaired) electrons. The molecule has 0 aromatic heterocycles. The molecule has 0 atom stereocenters. The molecule has 1 heteroatoms. The Balaban J connectivity index is 1.15. The highest BCUT2D eigenvalue weighted by Crippen LogP contribution is 2.63. The van der Waals surface area contributed by atoms with Crippen LogP contribution in [0.5, 0.6) is 0 Å². The van der Waals surface area contributed by atoms with E-state index in [-0.39, 0.29) is 0 Å². The Kier molecular flexibility index (Phi) is 6.36.